The quantitative estimate of drug-likeness (QED) is 0.880. The number of anilines is 2. The standard InChI is InChI=1S/C13H8F2N2O3S/c14-8-5-6-9(15)11(7-8)17-13(18)16-10-3-1-2-4-12(10)21(17,19)20/h1-7H,(H,16,18). The van der Waals surface area contributed by atoms with Gasteiger partial charge in [0.25, 0.3) is 10.0 Å². The number of carbonyl (C=O) groups is 1. The molecular formula is C13H8F2N2O3S. The predicted octanol–water partition coefficient (Wildman–Crippen LogP) is 2.71. The van der Waals surface area contributed by atoms with Crippen LogP contribution in [0.5, 0.6) is 0 Å². The van der Waals surface area contributed by atoms with E-state index in [4.69, 9.17) is 0 Å². The van der Waals surface area contributed by atoms with E-state index >= 15 is 0 Å². The number of sulfonamides is 1. The van der Waals surface area contributed by atoms with Crippen LogP contribution >= 0.6 is 0 Å². The minimum atomic E-state index is -4.31. The molecule has 0 bridgehead atoms. The highest BCUT2D eigenvalue weighted by Gasteiger charge is 2.39. The molecule has 0 aromatic heterocycles. The lowest BCUT2D eigenvalue weighted by Crippen LogP contribution is -2.44. The number of carbonyl (C=O) groups excluding carboxylic acids is 1. The molecule has 8 heteroatoms. The van der Waals surface area contributed by atoms with Gasteiger partial charge < -0.3 is 5.32 Å². The summed E-state index contributed by atoms with van der Waals surface area (Å²) in [4.78, 5) is 11.8. The Morgan fingerprint density at radius 3 is 2.52 bits per heavy atom. The summed E-state index contributed by atoms with van der Waals surface area (Å²) < 4.78 is 52.2. The number of rotatable bonds is 1. The second kappa shape index (κ2) is 4.52. The van der Waals surface area contributed by atoms with Crippen LogP contribution in [0.3, 0.4) is 0 Å². The molecule has 3 rings (SSSR count). The van der Waals surface area contributed by atoms with Gasteiger partial charge in [0.15, 0.2) is 0 Å². The molecule has 0 saturated heterocycles. The molecule has 5 nitrogen and oxygen atoms in total. The Morgan fingerprint density at radius 1 is 1.05 bits per heavy atom. The highest BCUT2D eigenvalue weighted by molar-refractivity contribution is 7.94. The lowest BCUT2D eigenvalue weighted by Gasteiger charge is -2.28. The molecule has 0 radical (unpaired) electrons. The Balaban J connectivity index is 2.25. The van der Waals surface area contributed by atoms with Crippen LogP contribution < -0.4 is 9.62 Å². The van der Waals surface area contributed by atoms with Gasteiger partial charge in [-0.2, -0.15) is 4.31 Å². The van der Waals surface area contributed by atoms with Crippen LogP contribution in [0.2, 0.25) is 0 Å². The number of benzene rings is 2. The van der Waals surface area contributed by atoms with Gasteiger partial charge in [0.1, 0.15) is 22.2 Å². The van der Waals surface area contributed by atoms with Gasteiger partial charge in [-0.15, -0.1) is 0 Å². The first-order valence-corrected chi connectivity index (χ1v) is 7.25. The van der Waals surface area contributed by atoms with E-state index in [-0.39, 0.29) is 14.9 Å². The topological polar surface area (TPSA) is 66.5 Å². The van der Waals surface area contributed by atoms with Crippen LogP contribution in [-0.2, 0) is 10.0 Å². The van der Waals surface area contributed by atoms with Gasteiger partial charge in [0, 0.05) is 6.07 Å². The molecule has 1 N–H and O–H groups in total. The number of hydrogen-bond acceptors (Lipinski definition) is 3. The minimum Gasteiger partial charge on any atom is -0.305 e. The van der Waals surface area contributed by atoms with Crippen LogP contribution in [-0.4, -0.2) is 14.4 Å². The van der Waals surface area contributed by atoms with Gasteiger partial charge in [-0.3, -0.25) is 0 Å². The number of nitrogens with zero attached hydrogens (tertiary/aromatic N) is 1. The van der Waals surface area contributed by atoms with E-state index in [0.717, 1.165) is 12.1 Å². The average Bonchev–Trinajstić information content (AvgIpc) is 2.42. The molecule has 0 spiro atoms. The van der Waals surface area contributed by atoms with E-state index in [2.05, 4.69) is 5.32 Å². The Hall–Kier alpha value is -2.48. The van der Waals surface area contributed by atoms with Gasteiger partial charge in [0.2, 0.25) is 0 Å². The fourth-order valence-electron chi connectivity index (χ4n) is 2.05. The Kier molecular flexibility index (Phi) is 2.91. The summed E-state index contributed by atoms with van der Waals surface area (Å²) in [5.74, 6) is -1.87. The number of hydrogen-bond donors (Lipinski definition) is 1. The summed E-state index contributed by atoms with van der Waals surface area (Å²) in [6.07, 6.45) is 0. The van der Waals surface area contributed by atoms with E-state index in [1.165, 1.54) is 18.2 Å². The first kappa shape index (κ1) is 13.5. The van der Waals surface area contributed by atoms with E-state index in [1.807, 2.05) is 0 Å². The van der Waals surface area contributed by atoms with Crippen molar-refractivity contribution in [3.05, 3.63) is 54.1 Å². The molecular weight excluding hydrogens is 302 g/mol. The van der Waals surface area contributed by atoms with Crippen molar-refractivity contribution < 1.29 is 22.0 Å². The van der Waals surface area contributed by atoms with Crippen LogP contribution in [0.1, 0.15) is 0 Å². The molecule has 1 heterocycles. The Bertz CT molecular complexity index is 852. The van der Waals surface area contributed by atoms with Crippen molar-refractivity contribution in [1.82, 2.24) is 0 Å². The fraction of sp³-hybridized carbons (Fsp3) is 0. The summed E-state index contributed by atoms with van der Waals surface area (Å²) in [5, 5.41) is 2.33. The third-order valence-corrected chi connectivity index (χ3v) is 4.71. The van der Waals surface area contributed by atoms with Crippen molar-refractivity contribution in [1.29, 1.82) is 0 Å². The van der Waals surface area contributed by atoms with Gasteiger partial charge in [-0.1, -0.05) is 12.1 Å². The second-order valence-corrected chi connectivity index (χ2v) is 6.05. The average molecular weight is 310 g/mol. The zero-order valence-electron chi connectivity index (χ0n) is 10.4. The van der Waals surface area contributed by atoms with Crippen LogP contribution in [0, 0.1) is 11.6 Å². The molecule has 0 aliphatic carbocycles. The zero-order valence-corrected chi connectivity index (χ0v) is 11.2. The molecule has 0 saturated carbocycles. The molecule has 0 atom stereocenters. The number of halogens is 2. The zero-order chi connectivity index (χ0) is 15.2. The second-order valence-electron chi connectivity index (χ2n) is 4.29. The van der Waals surface area contributed by atoms with Crippen molar-refractivity contribution in [2.24, 2.45) is 0 Å². The summed E-state index contributed by atoms with van der Waals surface area (Å²) in [5.41, 5.74) is -0.572. The van der Waals surface area contributed by atoms with Gasteiger partial charge in [-0.25, -0.2) is 22.0 Å². The molecule has 2 aromatic rings. The van der Waals surface area contributed by atoms with Crippen molar-refractivity contribution in [3.8, 4) is 0 Å². The third-order valence-electron chi connectivity index (χ3n) is 2.96. The summed E-state index contributed by atoms with van der Waals surface area (Å²) in [6.45, 7) is 0. The summed E-state index contributed by atoms with van der Waals surface area (Å²) >= 11 is 0. The van der Waals surface area contributed by atoms with Crippen LogP contribution in [0.4, 0.5) is 25.0 Å². The van der Waals surface area contributed by atoms with Crippen molar-refractivity contribution in [2.75, 3.05) is 9.62 Å². The lowest BCUT2D eigenvalue weighted by molar-refractivity contribution is 0.259. The Labute approximate surface area is 118 Å². The molecule has 0 unspecified atom stereocenters. The monoisotopic (exact) mass is 310 g/mol. The highest BCUT2D eigenvalue weighted by Crippen LogP contribution is 2.34. The van der Waals surface area contributed by atoms with E-state index in [9.17, 15) is 22.0 Å². The maximum atomic E-state index is 13.8. The third kappa shape index (κ3) is 2.04. The number of para-hydroxylation sites is 1. The SMILES string of the molecule is O=C1Nc2ccccc2S(=O)(=O)N1c1cc(F)ccc1F. The molecule has 108 valence electrons. The van der Waals surface area contributed by atoms with Crippen molar-refractivity contribution >= 4 is 27.4 Å². The molecule has 21 heavy (non-hydrogen) atoms. The van der Waals surface area contributed by atoms with Crippen molar-refractivity contribution in [2.45, 2.75) is 4.90 Å². The smallest absolute Gasteiger partial charge is 0.305 e. The van der Waals surface area contributed by atoms with Crippen LogP contribution in [0.15, 0.2) is 47.4 Å². The highest BCUT2D eigenvalue weighted by atomic mass is 32.2. The summed E-state index contributed by atoms with van der Waals surface area (Å²) in [7, 11) is -4.31. The first-order valence-electron chi connectivity index (χ1n) is 5.81. The molecule has 0 fully saturated rings. The van der Waals surface area contributed by atoms with Gasteiger partial charge in [0.05, 0.1) is 5.69 Å². The molecule has 2 amide bonds. The fourth-order valence-corrected chi connectivity index (χ4v) is 3.56. The van der Waals surface area contributed by atoms with E-state index in [1.54, 1.807) is 6.07 Å². The number of fused-ring (bicyclic) bond motifs is 1. The lowest BCUT2D eigenvalue weighted by atomic mass is 10.3. The van der Waals surface area contributed by atoms with Crippen molar-refractivity contribution in [3.63, 3.8) is 0 Å². The normalized spacial score (nSPS) is 16.3. The molecule has 1 aliphatic rings. The number of urea groups is 1. The van der Waals surface area contributed by atoms with E-state index < -0.39 is 33.4 Å². The Morgan fingerprint density at radius 2 is 1.76 bits per heavy atom. The van der Waals surface area contributed by atoms with Gasteiger partial charge >= 0.3 is 6.03 Å². The maximum Gasteiger partial charge on any atom is 0.340 e. The van der Waals surface area contributed by atoms with Gasteiger partial charge in [-0.05, 0) is 24.3 Å². The minimum absolute atomic E-state index is 0.0931. The number of nitrogens with one attached hydrogen (secondary N) is 1. The molecule has 2 aromatic carbocycles. The first-order chi connectivity index (χ1) is 9.91. The van der Waals surface area contributed by atoms with Crippen LogP contribution in [0.25, 0.3) is 0 Å². The maximum absolute atomic E-state index is 13.8. The molecule has 1 aliphatic heterocycles. The predicted molar refractivity (Wildman–Crippen MR) is 71.5 cm³/mol. The summed E-state index contributed by atoms with van der Waals surface area (Å²) in [6, 6.07) is 6.87. The largest absolute Gasteiger partial charge is 0.340 e. The van der Waals surface area contributed by atoms with E-state index in [0.29, 0.717) is 6.07 Å². The number of amides is 2.